The predicted octanol–water partition coefficient (Wildman–Crippen LogP) is 1.64. The Labute approximate surface area is 166 Å². The Morgan fingerprint density at radius 2 is 2.07 bits per heavy atom. The summed E-state index contributed by atoms with van der Waals surface area (Å²) in [5.41, 5.74) is 0.673. The van der Waals surface area contributed by atoms with E-state index in [4.69, 9.17) is 9.47 Å². The molecule has 1 aromatic rings. The maximum absolute atomic E-state index is 12.7. The van der Waals surface area contributed by atoms with Gasteiger partial charge in [0, 0.05) is 13.0 Å². The number of hydrogen-bond donors (Lipinski definition) is 2. The van der Waals surface area contributed by atoms with Crippen LogP contribution in [0.2, 0.25) is 0 Å². The molecule has 1 aromatic carbocycles. The molecule has 7 nitrogen and oxygen atoms in total. The van der Waals surface area contributed by atoms with E-state index in [2.05, 4.69) is 17.0 Å². The molecule has 1 saturated heterocycles. The van der Waals surface area contributed by atoms with Gasteiger partial charge in [-0.15, -0.1) is 12.4 Å². The Morgan fingerprint density at radius 3 is 2.74 bits per heavy atom. The van der Waals surface area contributed by atoms with Crippen molar-refractivity contribution in [3.05, 3.63) is 23.8 Å². The van der Waals surface area contributed by atoms with Crippen molar-refractivity contribution in [2.45, 2.75) is 44.1 Å². The van der Waals surface area contributed by atoms with Crippen LogP contribution in [-0.2, 0) is 26.0 Å². The molecule has 1 fully saturated rings. The summed E-state index contributed by atoms with van der Waals surface area (Å²) < 4.78 is 38.6. The Bertz CT molecular complexity index is 778. The van der Waals surface area contributed by atoms with Crippen LogP contribution in [0.3, 0.4) is 0 Å². The standard InChI is InChI=1S/C18H26N2O5S.ClH/c1-3-24-17(21)16-11-13-10-14(4-5-15(13)25-16)26(22,23)20-12-18(2)6-8-19-9-7-18;/h4-5,10,16,19-20H,3,6-9,11-12H2,1-2H3;1H. The van der Waals surface area contributed by atoms with E-state index < -0.39 is 22.1 Å². The molecule has 1 unspecified atom stereocenters. The van der Waals surface area contributed by atoms with Crippen molar-refractivity contribution in [3.8, 4) is 5.75 Å². The van der Waals surface area contributed by atoms with Gasteiger partial charge in [0.25, 0.3) is 0 Å². The molecular formula is C18H27ClN2O5S. The molecule has 152 valence electrons. The molecule has 2 aliphatic heterocycles. The fourth-order valence-electron chi connectivity index (χ4n) is 3.32. The summed E-state index contributed by atoms with van der Waals surface area (Å²) in [6.07, 6.45) is 1.49. The topological polar surface area (TPSA) is 93.7 Å². The number of ether oxygens (including phenoxy) is 2. The highest BCUT2D eigenvalue weighted by Crippen LogP contribution is 2.32. The first kappa shape index (κ1) is 21.9. The van der Waals surface area contributed by atoms with E-state index in [1.54, 1.807) is 19.1 Å². The highest BCUT2D eigenvalue weighted by molar-refractivity contribution is 7.89. The third-order valence-corrected chi connectivity index (χ3v) is 6.46. The zero-order valence-corrected chi connectivity index (χ0v) is 17.2. The van der Waals surface area contributed by atoms with Crippen molar-refractivity contribution in [2.24, 2.45) is 5.41 Å². The van der Waals surface area contributed by atoms with Crippen LogP contribution in [0.5, 0.6) is 5.75 Å². The van der Waals surface area contributed by atoms with E-state index >= 15 is 0 Å². The lowest BCUT2D eigenvalue weighted by Gasteiger charge is -2.34. The lowest BCUT2D eigenvalue weighted by atomic mass is 9.81. The highest BCUT2D eigenvalue weighted by atomic mass is 35.5. The Morgan fingerprint density at radius 1 is 1.37 bits per heavy atom. The SMILES string of the molecule is CCOC(=O)C1Cc2cc(S(=O)(=O)NCC3(C)CCNCC3)ccc2O1.Cl. The maximum Gasteiger partial charge on any atom is 0.347 e. The zero-order valence-electron chi connectivity index (χ0n) is 15.6. The van der Waals surface area contributed by atoms with Crippen molar-refractivity contribution in [1.29, 1.82) is 0 Å². The first-order chi connectivity index (χ1) is 12.3. The molecule has 9 heteroatoms. The van der Waals surface area contributed by atoms with Gasteiger partial charge >= 0.3 is 5.97 Å². The van der Waals surface area contributed by atoms with Gasteiger partial charge in [0.05, 0.1) is 11.5 Å². The van der Waals surface area contributed by atoms with E-state index in [1.165, 1.54) is 6.07 Å². The molecule has 2 N–H and O–H groups in total. The second-order valence-electron chi connectivity index (χ2n) is 7.22. The summed E-state index contributed by atoms with van der Waals surface area (Å²) in [5, 5.41) is 3.29. The van der Waals surface area contributed by atoms with Gasteiger partial charge in [0.2, 0.25) is 10.0 Å². The van der Waals surface area contributed by atoms with E-state index in [0.29, 0.717) is 24.3 Å². The fourth-order valence-corrected chi connectivity index (χ4v) is 4.57. The van der Waals surface area contributed by atoms with Crippen LogP contribution >= 0.6 is 12.4 Å². The van der Waals surface area contributed by atoms with Crippen LogP contribution in [0.4, 0.5) is 0 Å². The van der Waals surface area contributed by atoms with Gasteiger partial charge in [-0.3, -0.25) is 0 Å². The van der Waals surface area contributed by atoms with Crippen molar-refractivity contribution >= 4 is 28.4 Å². The maximum atomic E-state index is 12.7. The number of esters is 1. The molecule has 1 atom stereocenters. The number of rotatable bonds is 6. The third-order valence-electron chi connectivity index (χ3n) is 5.07. The molecule has 27 heavy (non-hydrogen) atoms. The predicted molar refractivity (Wildman–Crippen MR) is 104 cm³/mol. The molecular weight excluding hydrogens is 392 g/mol. The minimum absolute atomic E-state index is 0. The average molecular weight is 419 g/mol. The van der Waals surface area contributed by atoms with Gasteiger partial charge in [-0.2, -0.15) is 0 Å². The summed E-state index contributed by atoms with van der Waals surface area (Å²) in [5.74, 6) is 0.109. The second-order valence-corrected chi connectivity index (χ2v) is 8.98. The van der Waals surface area contributed by atoms with Crippen molar-refractivity contribution < 1.29 is 22.7 Å². The molecule has 0 bridgehead atoms. The van der Waals surface area contributed by atoms with Gasteiger partial charge in [-0.25, -0.2) is 17.9 Å². The zero-order chi connectivity index (χ0) is 18.8. The number of fused-ring (bicyclic) bond motifs is 1. The van der Waals surface area contributed by atoms with Gasteiger partial charge in [0.1, 0.15) is 5.75 Å². The number of hydrogen-bond acceptors (Lipinski definition) is 6. The average Bonchev–Trinajstić information content (AvgIpc) is 3.05. The third kappa shape index (κ3) is 5.13. The van der Waals surface area contributed by atoms with Crippen molar-refractivity contribution in [3.63, 3.8) is 0 Å². The summed E-state index contributed by atoms with van der Waals surface area (Å²) in [6.45, 7) is 6.35. The molecule has 0 aromatic heterocycles. The molecule has 2 aliphatic rings. The highest BCUT2D eigenvalue weighted by Gasteiger charge is 2.32. The van der Waals surface area contributed by atoms with Gasteiger partial charge in [-0.1, -0.05) is 6.92 Å². The van der Waals surface area contributed by atoms with E-state index in [9.17, 15) is 13.2 Å². The van der Waals surface area contributed by atoms with Crippen LogP contribution in [0, 0.1) is 5.41 Å². The molecule has 0 spiro atoms. The van der Waals surface area contributed by atoms with Gasteiger partial charge < -0.3 is 14.8 Å². The van der Waals surface area contributed by atoms with Crippen LogP contribution in [-0.4, -0.2) is 46.7 Å². The molecule has 0 saturated carbocycles. The van der Waals surface area contributed by atoms with Crippen LogP contribution in [0.15, 0.2) is 23.1 Å². The van der Waals surface area contributed by atoms with Gasteiger partial charge in [0.15, 0.2) is 6.10 Å². The number of carbonyl (C=O) groups excluding carboxylic acids is 1. The normalized spacial score (nSPS) is 20.9. The molecule has 3 rings (SSSR count). The molecule has 0 aliphatic carbocycles. The summed E-state index contributed by atoms with van der Waals surface area (Å²) >= 11 is 0. The molecule has 0 radical (unpaired) electrons. The number of benzene rings is 1. The second kappa shape index (κ2) is 8.77. The summed E-state index contributed by atoms with van der Waals surface area (Å²) in [6, 6.07) is 4.70. The van der Waals surface area contributed by atoms with Crippen LogP contribution < -0.4 is 14.8 Å². The summed E-state index contributed by atoms with van der Waals surface area (Å²) in [4.78, 5) is 12.0. The Balaban J connectivity index is 0.00000261. The molecule has 0 amide bonds. The lowest BCUT2D eigenvalue weighted by Crippen LogP contribution is -2.42. The Hall–Kier alpha value is -1.35. The Kier molecular flexibility index (Phi) is 7.13. The van der Waals surface area contributed by atoms with E-state index in [-0.39, 0.29) is 29.3 Å². The first-order valence-corrected chi connectivity index (χ1v) is 10.5. The quantitative estimate of drug-likeness (QED) is 0.682. The summed E-state index contributed by atoms with van der Waals surface area (Å²) in [7, 11) is -3.61. The van der Waals surface area contributed by atoms with Crippen molar-refractivity contribution in [1.82, 2.24) is 10.0 Å². The number of nitrogens with one attached hydrogen (secondary N) is 2. The first-order valence-electron chi connectivity index (χ1n) is 9.00. The minimum atomic E-state index is -3.61. The number of sulfonamides is 1. The lowest BCUT2D eigenvalue weighted by molar-refractivity contribution is -0.150. The fraction of sp³-hybridized carbons (Fsp3) is 0.611. The molecule has 2 heterocycles. The number of piperidine rings is 1. The van der Waals surface area contributed by atoms with Gasteiger partial charge in [-0.05, 0) is 62.0 Å². The monoisotopic (exact) mass is 418 g/mol. The van der Waals surface area contributed by atoms with Crippen molar-refractivity contribution in [2.75, 3.05) is 26.2 Å². The minimum Gasteiger partial charge on any atom is -0.478 e. The van der Waals surface area contributed by atoms with E-state index in [0.717, 1.165) is 25.9 Å². The number of halogens is 1. The smallest absolute Gasteiger partial charge is 0.347 e. The largest absolute Gasteiger partial charge is 0.478 e. The van der Waals surface area contributed by atoms with E-state index in [1.807, 2.05) is 0 Å². The van der Waals surface area contributed by atoms with Crippen LogP contribution in [0.1, 0.15) is 32.3 Å². The number of carbonyl (C=O) groups is 1. The van der Waals surface area contributed by atoms with Crippen LogP contribution in [0.25, 0.3) is 0 Å².